The average molecular weight is 273 g/mol. The van der Waals surface area contributed by atoms with E-state index >= 15 is 0 Å². The molecule has 1 rings (SSSR count). The van der Waals surface area contributed by atoms with E-state index in [-0.39, 0.29) is 12.5 Å². The Morgan fingerprint density at radius 1 is 1.37 bits per heavy atom. The fourth-order valence-electron chi connectivity index (χ4n) is 2.32. The van der Waals surface area contributed by atoms with E-state index in [0.717, 1.165) is 0 Å². The number of hydrogen-bond donors (Lipinski definition) is 1. The van der Waals surface area contributed by atoms with Crippen molar-refractivity contribution in [2.75, 3.05) is 13.7 Å². The lowest BCUT2D eigenvalue weighted by molar-refractivity contribution is -0.147. The van der Waals surface area contributed by atoms with Crippen molar-refractivity contribution >= 4 is 12.1 Å². The van der Waals surface area contributed by atoms with Gasteiger partial charge in [-0.05, 0) is 27.2 Å². The standard InChI is InChI=1S/C13H23NO5/c1-6-8-9(15)7-14(10(8)11(16)18-5)12(17)19-13(2,3)4/h8-10,15H,6-7H2,1-5H3. The number of carbonyl (C=O) groups excluding carboxylic acids is 2. The van der Waals surface area contributed by atoms with Crippen molar-refractivity contribution in [2.45, 2.75) is 51.9 Å². The van der Waals surface area contributed by atoms with Gasteiger partial charge in [-0.25, -0.2) is 9.59 Å². The molecule has 1 N–H and O–H groups in total. The SMILES string of the molecule is CCC1C(O)CN(C(=O)OC(C)(C)C)C1C(=O)OC. The van der Waals surface area contributed by atoms with E-state index in [1.165, 1.54) is 12.0 Å². The fraction of sp³-hybridized carbons (Fsp3) is 0.846. The van der Waals surface area contributed by atoms with E-state index < -0.39 is 29.8 Å². The molecule has 1 heterocycles. The van der Waals surface area contributed by atoms with Crippen molar-refractivity contribution < 1.29 is 24.2 Å². The van der Waals surface area contributed by atoms with E-state index in [2.05, 4.69) is 0 Å². The van der Waals surface area contributed by atoms with E-state index in [4.69, 9.17) is 9.47 Å². The summed E-state index contributed by atoms with van der Waals surface area (Å²) in [5, 5.41) is 9.96. The predicted molar refractivity (Wildman–Crippen MR) is 68.5 cm³/mol. The van der Waals surface area contributed by atoms with E-state index in [1.54, 1.807) is 20.8 Å². The molecular formula is C13H23NO5. The van der Waals surface area contributed by atoms with E-state index in [9.17, 15) is 14.7 Å². The Balaban J connectivity index is 2.92. The van der Waals surface area contributed by atoms with Gasteiger partial charge in [-0.15, -0.1) is 0 Å². The zero-order valence-electron chi connectivity index (χ0n) is 12.2. The number of carbonyl (C=O) groups is 2. The average Bonchev–Trinajstić information content (AvgIpc) is 2.63. The van der Waals surface area contributed by atoms with Crippen LogP contribution in [0.25, 0.3) is 0 Å². The maximum absolute atomic E-state index is 12.1. The van der Waals surface area contributed by atoms with Gasteiger partial charge < -0.3 is 14.6 Å². The molecule has 0 aromatic rings. The Hall–Kier alpha value is -1.30. The van der Waals surface area contributed by atoms with Crippen molar-refractivity contribution in [1.29, 1.82) is 0 Å². The summed E-state index contributed by atoms with van der Waals surface area (Å²) < 4.78 is 9.98. The zero-order valence-corrected chi connectivity index (χ0v) is 12.2. The summed E-state index contributed by atoms with van der Waals surface area (Å²) in [6, 6.07) is -0.778. The number of rotatable bonds is 2. The van der Waals surface area contributed by atoms with E-state index in [0.29, 0.717) is 6.42 Å². The molecule has 0 spiro atoms. The summed E-state index contributed by atoms with van der Waals surface area (Å²) in [6.45, 7) is 7.21. The number of ether oxygens (including phenoxy) is 2. The molecule has 1 aliphatic rings. The van der Waals surface area contributed by atoms with Gasteiger partial charge in [-0.1, -0.05) is 6.92 Å². The number of amides is 1. The van der Waals surface area contributed by atoms with Crippen LogP contribution in [0.15, 0.2) is 0 Å². The first-order chi connectivity index (χ1) is 8.71. The van der Waals surface area contributed by atoms with Crippen molar-refractivity contribution in [2.24, 2.45) is 5.92 Å². The van der Waals surface area contributed by atoms with Crippen LogP contribution in [0.3, 0.4) is 0 Å². The second-order valence-electron chi connectivity index (χ2n) is 5.74. The monoisotopic (exact) mass is 273 g/mol. The third-order valence-corrected chi connectivity index (χ3v) is 3.16. The van der Waals surface area contributed by atoms with Crippen LogP contribution in [0, 0.1) is 5.92 Å². The van der Waals surface area contributed by atoms with Gasteiger partial charge in [-0.2, -0.15) is 0 Å². The summed E-state index contributed by atoms with van der Waals surface area (Å²) in [4.78, 5) is 25.2. The summed E-state index contributed by atoms with van der Waals surface area (Å²) in [5.41, 5.74) is -0.646. The van der Waals surface area contributed by atoms with Gasteiger partial charge in [0.05, 0.1) is 19.8 Å². The smallest absolute Gasteiger partial charge is 0.411 e. The minimum atomic E-state index is -0.778. The molecule has 110 valence electrons. The molecule has 0 aromatic carbocycles. The van der Waals surface area contributed by atoms with Gasteiger partial charge in [0.15, 0.2) is 0 Å². The Labute approximate surface area is 113 Å². The van der Waals surface area contributed by atoms with Crippen molar-refractivity contribution in [1.82, 2.24) is 4.90 Å². The molecule has 6 heteroatoms. The Morgan fingerprint density at radius 2 is 1.95 bits per heavy atom. The summed E-state index contributed by atoms with van der Waals surface area (Å²) in [5.74, 6) is -0.839. The molecule has 6 nitrogen and oxygen atoms in total. The van der Waals surface area contributed by atoms with Crippen LogP contribution < -0.4 is 0 Å². The van der Waals surface area contributed by atoms with Crippen LogP contribution in [0.4, 0.5) is 4.79 Å². The number of β-amino-alcohol motifs (C(OH)–C–C–N with tert-alkyl or cyclic N) is 1. The molecule has 1 amide bonds. The number of hydrogen-bond acceptors (Lipinski definition) is 5. The number of methoxy groups -OCH3 is 1. The quantitative estimate of drug-likeness (QED) is 0.764. The summed E-state index contributed by atoms with van der Waals surface area (Å²) in [6.07, 6.45) is -0.750. The molecule has 0 aliphatic carbocycles. The van der Waals surface area contributed by atoms with Gasteiger partial charge in [0.25, 0.3) is 0 Å². The van der Waals surface area contributed by atoms with Crippen molar-refractivity contribution in [3.8, 4) is 0 Å². The molecular weight excluding hydrogens is 250 g/mol. The molecule has 0 bridgehead atoms. The first-order valence-corrected chi connectivity index (χ1v) is 6.46. The van der Waals surface area contributed by atoms with Gasteiger partial charge in [0.1, 0.15) is 11.6 Å². The molecule has 19 heavy (non-hydrogen) atoms. The van der Waals surface area contributed by atoms with Gasteiger partial charge >= 0.3 is 12.1 Å². The minimum absolute atomic E-state index is 0.0905. The first-order valence-electron chi connectivity index (χ1n) is 6.46. The number of nitrogens with zero attached hydrogens (tertiary/aromatic N) is 1. The second-order valence-corrected chi connectivity index (χ2v) is 5.74. The molecule has 3 unspecified atom stereocenters. The Kier molecular flexibility index (Phi) is 4.79. The number of aliphatic hydroxyl groups is 1. The Bertz CT molecular complexity index is 349. The van der Waals surface area contributed by atoms with Crippen LogP contribution in [-0.4, -0.2) is 53.5 Å². The fourth-order valence-corrected chi connectivity index (χ4v) is 2.32. The maximum atomic E-state index is 12.1. The summed E-state index contributed by atoms with van der Waals surface area (Å²) >= 11 is 0. The third kappa shape index (κ3) is 3.59. The lowest BCUT2D eigenvalue weighted by Gasteiger charge is -2.28. The molecule has 0 aromatic heterocycles. The normalized spacial score (nSPS) is 27.3. The predicted octanol–water partition coefficient (Wildman–Crippen LogP) is 1.17. The molecule has 1 saturated heterocycles. The van der Waals surface area contributed by atoms with Crippen molar-refractivity contribution in [3.63, 3.8) is 0 Å². The van der Waals surface area contributed by atoms with Crippen LogP contribution >= 0.6 is 0 Å². The Morgan fingerprint density at radius 3 is 2.37 bits per heavy atom. The lowest BCUT2D eigenvalue weighted by atomic mass is 9.95. The minimum Gasteiger partial charge on any atom is -0.467 e. The number of esters is 1. The lowest BCUT2D eigenvalue weighted by Crippen LogP contribution is -2.46. The molecule has 3 atom stereocenters. The maximum Gasteiger partial charge on any atom is 0.411 e. The molecule has 1 aliphatic heterocycles. The highest BCUT2D eigenvalue weighted by atomic mass is 16.6. The highest BCUT2D eigenvalue weighted by Gasteiger charge is 2.48. The van der Waals surface area contributed by atoms with Gasteiger partial charge in [-0.3, -0.25) is 4.90 Å². The van der Waals surface area contributed by atoms with Crippen molar-refractivity contribution in [3.05, 3.63) is 0 Å². The molecule has 1 fully saturated rings. The topological polar surface area (TPSA) is 76.1 Å². The van der Waals surface area contributed by atoms with Gasteiger partial charge in [0, 0.05) is 5.92 Å². The van der Waals surface area contributed by atoms with Gasteiger partial charge in [0.2, 0.25) is 0 Å². The first kappa shape index (κ1) is 15.8. The van der Waals surface area contributed by atoms with E-state index in [1.807, 2.05) is 6.92 Å². The molecule has 0 saturated carbocycles. The number of likely N-dealkylation sites (tertiary alicyclic amines) is 1. The highest BCUT2D eigenvalue weighted by molar-refractivity contribution is 5.82. The highest BCUT2D eigenvalue weighted by Crippen LogP contribution is 2.29. The largest absolute Gasteiger partial charge is 0.467 e. The van der Waals surface area contributed by atoms with Crippen LogP contribution in [-0.2, 0) is 14.3 Å². The number of aliphatic hydroxyl groups excluding tert-OH is 1. The van der Waals surface area contributed by atoms with Crippen LogP contribution in [0.1, 0.15) is 34.1 Å². The van der Waals surface area contributed by atoms with Crippen LogP contribution in [0.2, 0.25) is 0 Å². The zero-order chi connectivity index (χ0) is 14.8. The summed E-state index contributed by atoms with van der Waals surface area (Å²) in [7, 11) is 1.27. The second kappa shape index (κ2) is 5.77. The third-order valence-electron chi connectivity index (χ3n) is 3.16. The molecule has 0 radical (unpaired) electrons. The van der Waals surface area contributed by atoms with Crippen LogP contribution in [0.5, 0.6) is 0 Å².